The van der Waals surface area contributed by atoms with E-state index in [9.17, 15) is 0 Å². The highest BCUT2D eigenvalue weighted by atomic mass is 32.1. The fourth-order valence-corrected chi connectivity index (χ4v) is 6.12. The number of rotatable bonds is 4. The molecule has 3 aliphatic rings. The summed E-state index contributed by atoms with van der Waals surface area (Å²) in [6, 6.07) is 5.87. The lowest BCUT2D eigenvalue weighted by atomic mass is 9.68. The van der Waals surface area contributed by atoms with E-state index in [0.717, 1.165) is 11.8 Å². The predicted octanol–water partition coefficient (Wildman–Crippen LogP) is 5.00. The molecule has 2 bridgehead atoms. The van der Waals surface area contributed by atoms with Gasteiger partial charge >= 0.3 is 0 Å². The molecule has 4 rings (SSSR count). The van der Waals surface area contributed by atoms with Crippen molar-refractivity contribution in [2.75, 3.05) is 0 Å². The molecule has 0 aromatic carbocycles. The molecule has 3 aliphatic carbocycles. The molecule has 1 N–H and O–H groups in total. The van der Waals surface area contributed by atoms with Gasteiger partial charge in [-0.1, -0.05) is 26.8 Å². The minimum atomic E-state index is 0.470. The van der Waals surface area contributed by atoms with E-state index in [1.54, 1.807) is 4.88 Å². The van der Waals surface area contributed by atoms with Crippen LogP contribution in [0.15, 0.2) is 17.5 Å². The molecule has 0 radical (unpaired) electrons. The molecule has 2 heteroatoms. The Kier molecular flexibility index (Phi) is 2.89. The Morgan fingerprint density at radius 2 is 2.05 bits per heavy atom. The quantitative estimate of drug-likeness (QED) is 0.822. The zero-order valence-corrected chi connectivity index (χ0v) is 13.8. The Morgan fingerprint density at radius 3 is 2.60 bits per heavy atom. The minimum Gasteiger partial charge on any atom is -0.305 e. The second-order valence-corrected chi connectivity index (χ2v) is 9.32. The fraction of sp³-hybridized carbons (Fsp3) is 0.778. The van der Waals surface area contributed by atoms with Crippen molar-refractivity contribution >= 4 is 11.3 Å². The van der Waals surface area contributed by atoms with Gasteiger partial charge in [-0.05, 0) is 66.2 Å². The Morgan fingerprint density at radius 1 is 1.25 bits per heavy atom. The van der Waals surface area contributed by atoms with Gasteiger partial charge < -0.3 is 5.32 Å². The average Bonchev–Trinajstić information content (AvgIpc) is 2.85. The molecule has 0 aliphatic heterocycles. The van der Waals surface area contributed by atoms with Crippen molar-refractivity contribution in [1.29, 1.82) is 0 Å². The van der Waals surface area contributed by atoms with Gasteiger partial charge in [-0.3, -0.25) is 0 Å². The first kappa shape index (κ1) is 13.3. The molecule has 0 spiro atoms. The van der Waals surface area contributed by atoms with Crippen LogP contribution in [-0.4, -0.2) is 6.04 Å². The Balaban J connectivity index is 1.61. The first-order chi connectivity index (χ1) is 9.51. The number of hydrogen-bond donors (Lipinski definition) is 1. The lowest BCUT2D eigenvalue weighted by Crippen LogP contribution is -2.51. The smallest absolute Gasteiger partial charge is 0.0445 e. The van der Waals surface area contributed by atoms with Crippen LogP contribution in [0.25, 0.3) is 0 Å². The van der Waals surface area contributed by atoms with E-state index in [1.165, 1.54) is 32.1 Å². The summed E-state index contributed by atoms with van der Waals surface area (Å²) in [6.07, 6.45) is 7.17. The summed E-state index contributed by atoms with van der Waals surface area (Å²) in [5, 5.41) is 6.39. The van der Waals surface area contributed by atoms with E-state index in [4.69, 9.17) is 0 Å². The highest BCUT2D eigenvalue weighted by molar-refractivity contribution is 7.10. The third-order valence-electron chi connectivity index (χ3n) is 6.56. The molecule has 1 aromatic rings. The molecule has 4 unspecified atom stereocenters. The third kappa shape index (κ3) is 1.91. The molecule has 0 amide bonds. The van der Waals surface area contributed by atoms with Crippen molar-refractivity contribution in [3.8, 4) is 0 Å². The van der Waals surface area contributed by atoms with Gasteiger partial charge in [0.15, 0.2) is 0 Å². The van der Waals surface area contributed by atoms with Crippen LogP contribution in [0.4, 0.5) is 0 Å². The molecule has 1 nitrogen and oxygen atoms in total. The van der Waals surface area contributed by atoms with E-state index in [1.807, 2.05) is 11.3 Å². The standard InChI is InChI=1S/C18H27NS/c1-17(2)13-8-9-18(3,11-13)16(17)19-15(12-6-7-12)14-5-4-10-20-14/h4-5,10,12-13,15-16,19H,6-9,11H2,1-3H3. The maximum Gasteiger partial charge on any atom is 0.0445 e. The van der Waals surface area contributed by atoms with Crippen LogP contribution in [0, 0.1) is 22.7 Å². The van der Waals surface area contributed by atoms with Gasteiger partial charge in [0, 0.05) is 17.0 Å². The van der Waals surface area contributed by atoms with Crippen molar-refractivity contribution in [2.24, 2.45) is 22.7 Å². The molecule has 110 valence electrons. The van der Waals surface area contributed by atoms with E-state index in [0.29, 0.717) is 22.9 Å². The highest BCUT2D eigenvalue weighted by Crippen LogP contribution is 2.63. The van der Waals surface area contributed by atoms with E-state index < -0.39 is 0 Å². The van der Waals surface area contributed by atoms with Gasteiger partial charge in [0.25, 0.3) is 0 Å². The normalized spacial score (nSPS) is 40.1. The van der Waals surface area contributed by atoms with E-state index >= 15 is 0 Å². The van der Waals surface area contributed by atoms with Gasteiger partial charge in [-0.25, -0.2) is 0 Å². The topological polar surface area (TPSA) is 12.0 Å². The van der Waals surface area contributed by atoms with Crippen LogP contribution >= 0.6 is 11.3 Å². The second-order valence-electron chi connectivity index (χ2n) is 8.35. The minimum absolute atomic E-state index is 0.470. The van der Waals surface area contributed by atoms with Gasteiger partial charge in [0.1, 0.15) is 0 Å². The van der Waals surface area contributed by atoms with Gasteiger partial charge in [-0.2, -0.15) is 0 Å². The molecule has 3 saturated carbocycles. The average molecular weight is 289 g/mol. The zero-order chi connectivity index (χ0) is 14.0. The fourth-order valence-electron chi connectivity index (χ4n) is 5.25. The maximum absolute atomic E-state index is 4.15. The lowest BCUT2D eigenvalue weighted by molar-refractivity contribution is 0.0956. The van der Waals surface area contributed by atoms with Gasteiger partial charge in [0.2, 0.25) is 0 Å². The molecular formula is C18H27NS. The van der Waals surface area contributed by atoms with Crippen LogP contribution in [0.3, 0.4) is 0 Å². The summed E-state index contributed by atoms with van der Waals surface area (Å²) >= 11 is 1.94. The molecule has 1 heterocycles. The zero-order valence-electron chi connectivity index (χ0n) is 13.0. The first-order valence-corrected chi connectivity index (χ1v) is 9.18. The second kappa shape index (κ2) is 4.33. The predicted molar refractivity (Wildman–Crippen MR) is 85.9 cm³/mol. The molecule has 0 saturated heterocycles. The largest absolute Gasteiger partial charge is 0.305 e. The first-order valence-electron chi connectivity index (χ1n) is 8.30. The Bertz CT molecular complexity index is 483. The van der Waals surface area contributed by atoms with Crippen molar-refractivity contribution in [3.05, 3.63) is 22.4 Å². The number of fused-ring (bicyclic) bond motifs is 2. The summed E-state index contributed by atoms with van der Waals surface area (Å²) in [6.45, 7) is 7.56. The molecule has 1 aromatic heterocycles. The van der Waals surface area contributed by atoms with Crippen molar-refractivity contribution in [2.45, 2.75) is 65.0 Å². The highest BCUT2D eigenvalue weighted by Gasteiger charge is 2.59. The van der Waals surface area contributed by atoms with Crippen LogP contribution in [0.1, 0.15) is 63.8 Å². The molecule has 20 heavy (non-hydrogen) atoms. The molecule has 3 fully saturated rings. The molecular weight excluding hydrogens is 262 g/mol. The van der Waals surface area contributed by atoms with Gasteiger partial charge in [-0.15, -0.1) is 11.3 Å². The summed E-state index contributed by atoms with van der Waals surface area (Å²) < 4.78 is 0. The SMILES string of the molecule is CC12CCC(C1)C(C)(C)C2NC(c1cccs1)C1CC1. The third-order valence-corrected chi connectivity index (χ3v) is 7.51. The van der Waals surface area contributed by atoms with Crippen LogP contribution < -0.4 is 5.32 Å². The van der Waals surface area contributed by atoms with Crippen molar-refractivity contribution in [3.63, 3.8) is 0 Å². The van der Waals surface area contributed by atoms with E-state index in [-0.39, 0.29) is 0 Å². The summed E-state index contributed by atoms with van der Waals surface area (Å²) in [7, 11) is 0. The maximum atomic E-state index is 4.15. The monoisotopic (exact) mass is 289 g/mol. The van der Waals surface area contributed by atoms with Crippen molar-refractivity contribution in [1.82, 2.24) is 5.32 Å². The summed E-state index contributed by atoms with van der Waals surface area (Å²) in [5.74, 6) is 1.83. The summed E-state index contributed by atoms with van der Waals surface area (Å²) in [4.78, 5) is 1.56. The van der Waals surface area contributed by atoms with Crippen LogP contribution in [0.2, 0.25) is 0 Å². The van der Waals surface area contributed by atoms with E-state index in [2.05, 4.69) is 43.6 Å². The van der Waals surface area contributed by atoms with Crippen LogP contribution in [0.5, 0.6) is 0 Å². The molecule has 4 atom stereocenters. The number of thiophene rings is 1. The lowest BCUT2D eigenvalue weighted by Gasteiger charge is -2.45. The summed E-state index contributed by atoms with van der Waals surface area (Å²) in [5.41, 5.74) is 1.01. The van der Waals surface area contributed by atoms with Crippen molar-refractivity contribution < 1.29 is 0 Å². The van der Waals surface area contributed by atoms with Crippen LogP contribution in [-0.2, 0) is 0 Å². The Labute approximate surface area is 127 Å². The Hall–Kier alpha value is -0.340. The number of nitrogens with one attached hydrogen (secondary N) is 1. The van der Waals surface area contributed by atoms with Gasteiger partial charge in [0.05, 0.1) is 0 Å². The number of hydrogen-bond acceptors (Lipinski definition) is 2.